The van der Waals surface area contributed by atoms with E-state index in [1.165, 1.54) is 0 Å². The van der Waals surface area contributed by atoms with Crippen LogP contribution < -0.4 is 30.2 Å². The molecule has 0 amide bonds. The van der Waals surface area contributed by atoms with Crippen LogP contribution in [-0.2, 0) is 0 Å². The molecule has 0 fully saturated rings. The standard InChI is InChI=1S/C24H32N6O3S/c1-6-8-15(9-7-2)27-24(34)30-20-11-10-17-23(28-20)29-21(14-25-17)26-16-12-18(31-3)22(33-5)19(13-16)32-4/h10-15H,6-9H2,1-5H3,(H3,26,27,28,29,30,34). The van der Waals surface area contributed by atoms with Gasteiger partial charge in [0.05, 0.1) is 27.5 Å². The first-order chi connectivity index (χ1) is 16.5. The summed E-state index contributed by atoms with van der Waals surface area (Å²) >= 11 is 5.50. The molecule has 0 aliphatic heterocycles. The van der Waals surface area contributed by atoms with Gasteiger partial charge in [-0.25, -0.2) is 15.0 Å². The molecule has 0 aliphatic rings. The van der Waals surface area contributed by atoms with Crippen molar-refractivity contribution in [3.63, 3.8) is 0 Å². The van der Waals surface area contributed by atoms with Crippen LogP contribution in [0.3, 0.4) is 0 Å². The molecule has 0 aliphatic carbocycles. The van der Waals surface area contributed by atoms with Crippen LogP contribution in [0.2, 0.25) is 0 Å². The minimum atomic E-state index is 0.351. The van der Waals surface area contributed by atoms with Gasteiger partial charge in [-0.2, -0.15) is 0 Å². The van der Waals surface area contributed by atoms with Crippen LogP contribution in [0.15, 0.2) is 30.5 Å². The molecule has 34 heavy (non-hydrogen) atoms. The average Bonchev–Trinajstić information content (AvgIpc) is 2.83. The summed E-state index contributed by atoms with van der Waals surface area (Å²) in [7, 11) is 4.71. The number of ether oxygens (including phenoxy) is 3. The molecule has 3 aromatic rings. The van der Waals surface area contributed by atoms with Gasteiger partial charge in [0, 0.05) is 23.9 Å². The van der Waals surface area contributed by atoms with Crippen LogP contribution in [0, 0.1) is 0 Å². The molecule has 3 N–H and O–H groups in total. The fourth-order valence-corrected chi connectivity index (χ4v) is 3.92. The molecule has 182 valence electrons. The van der Waals surface area contributed by atoms with Gasteiger partial charge >= 0.3 is 0 Å². The number of hydrogen-bond acceptors (Lipinski definition) is 8. The zero-order valence-corrected chi connectivity index (χ0v) is 21.1. The van der Waals surface area contributed by atoms with Gasteiger partial charge in [-0.3, -0.25) is 0 Å². The zero-order chi connectivity index (χ0) is 24.5. The Bertz CT molecular complexity index is 1100. The Balaban J connectivity index is 1.78. The quantitative estimate of drug-likeness (QED) is 0.320. The van der Waals surface area contributed by atoms with Crippen molar-refractivity contribution in [2.75, 3.05) is 32.0 Å². The monoisotopic (exact) mass is 484 g/mol. The summed E-state index contributed by atoms with van der Waals surface area (Å²) in [6.07, 6.45) is 5.99. The van der Waals surface area contributed by atoms with E-state index < -0.39 is 0 Å². The third kappa shape index (κ3) is 6.34. The van der Waals surface area contributed by atoms with Gasteiger partial charge in [-0.05, 0) is 37.2 Å². The molecule has 1 aromatic carbocycles. The summed E-state index contributed by atoms with van der Waals surface area (Å²) in [5.41, 5.74) is 1.87. The molecule has 0 saturated heterocycles. The molecule has 2 heterocycles. The highest BCUT2D eigenvalue weighted by atomic mass is 32.1. The molecular weight excluding hydrogens is 452 g/mol. The smallest absolute Gasteiger partial charge is 0.203 e. The second-order valence-corrected chi connectivity index (χ2v) is 8.11. The number of nitrogens with one attached hydrogen (secondary N) is 3. The summed E-state index contributed by atoms with van der Waals surface area (Å²) in [5.74, 6) is 2.72. The first kappa shape index (κ1) is 25.2. The lowest BCUT2D eigenvalue weighted by Crippen LogP contribution is -2.37. The van der Waals surface area contributed by atoms with E-state index in [2.05, 4.69) is 44.7 Å². The number of fused-ring (bicyclic) bond motifs is 1. The number of pyridine rings is 1. The predicted octanol–water partition coefficient (Wildman–Crippen LogP) is 5.05. The maximum Gasteiger partial charge on any atom is 0.203 e. The number of nitrogens with zero attached hydrogens (tertiary/aromatic N) is 3. The van der Waals surface area contributed by atoms with Crippen molar-refractivity contribution in [1.82, 2.24) is 20.3 Å². The Morgan fingerprint density at radius 3 is 2.18 bits per heavy atom. The van der Waals surface area contributed by atoms with Gasteiger partial charge in [0.25, 0.3) is 0 Å². The van der Waals surface area contributed by atoms with E-state index in [4.69, 9.17) is 26.4 Å². The van der Waals surface area contributed by atoms with Crippen LogP contribution in [0.4, 0.5) is 17.3 Å². The maximum atomic E-state index is 5.50. The van der Waals surface area contributed by atoms with Gasteiger partial charge < -0.3 is 30.2 Å². The van der Waals surface area contributed by atoms with E-state index in [1.807, 2.05) is 12.1 Å². The summed E-state index contributed by atoms with van der Waals surface area (Å²) in [5, 5.41) is 10.3. The molecule has 10 heteroatoms. The largest absolute Gasteiger partial charge is 0.493 e. The summed E-state index contributed by atoms with van der Waals surface area (Å²) in [4.78, 5) is 13.7. The predicted molar refractivity (Wildman–Crippen MR) is 140 cm³/mol. The second-order valence-electron chi connectivity index (χ2n) is 7.71. The van der Waals surface area contributed by atoms with Crippen molar-refractivity contribution in [3.05, 3.63) is 30.5 Å². The van der Waals surface area contributed by atoms with Crippen molar-refractivity contribution in [3.8, 4) is 17.2 Å². The van der Waals surface area contributed by atoms with Gasteiger partial charge in [-0.15, -0.1) is 0 Å². The molecule has 9 nitrogen and oxygen atoms in total. The zero-order valence-electron chi connectivity index (χ0n) is 20.3. The molecule has 2 aromatic heterocycles. The second kappa shape index (κ2) is 12.2. The van der Waals surface area contributed by atoms with Crippen LogP contribution in [0.1, 0.15) is 39.5 Å². The van der Waals surface area contributed by atoms with Crippen molar-refractivity contribution in [2.24, 2.45) is 0 Å². The molecule has 3 rings (SSSR count). The van der Waals surface area contributed by atoms with Crippen molar-refractivity contribution in [1.29, 1.82) is 0 Å². The third-order valence-corrected chi connectivity index (χ3v) is 5.41. The number of aromatic nitrogens is 3. The first-order valence-corrected chi connectivity index (χ1v) is 11.7. The SMILES string of the molecule is CCCC(CCC)NC(=S)Nc1ccc2ncc(Nc3cc(OC)c(OC)c(OC)c3)nc2n1. The van der Waals surface area contributed by atoms with Crippen LogP contribution in [0.25, 0.3) is 11.2 Å². The molecule has 0 saturated carbocycles. The molecule has 0 unspecified atom stereocenters. The van der Waals surface area contributed by atoms with Crippen molar-refractivity contribution < 1.29 is 14.2 Å². The maximum absolute atomic E-state index is 5.50. The Kier molecular flexibility index (Phi) is 9.03. The summed E-state index contributed by atoms with van der Waals surface area (Å²) in [6.45, 7) is 4.35. The summed E-state index contributed by atoms with van der Waals surface area (Å²) < 4.78 is 16.2. The van der Waals surface area contributed by atoms with Crippen LogP contribution in [-0.4, -0.2) is 47.4 Å². The fourth-order valence-electron chi connectivity index (χ4n) is 3.65. The highest BCUT2D eigenvalue weighted by Gasteiger charge is 2.14. The highest BCUT2D eigenvalue weighted by molar-refractivity contribution is 7.80. The van der Waals surface area contributed by atoms with Gasteiger partial charge in [0.2, 0.25) is 5.75 Å². The minimum Gasteiger partial charge on any atom is -0.493 e. The van der Waals surface area contributed by atoms with Crippen LogP contribution in [0.5, 0.6) is 17.2 Å². The van der Waals surface area contributed by atoms with Crippen LogP contribution >= 0.6 is 12.2 Å². The number of thiocarbonyl (C=S) groups is 1. The van der Waals surface area contributed by atoms with E-state index in [-0.39, 0.29) is 0 Å². The van der Waals surface area contributed by atoms with E-state index in [0.29, 0.717) is 56.9 Å². The van der Waals surface area contributed by atoms with Crippen molar-refractivity contribution in [2.45, 2.75) is 45.6 Å². The molecule has 0 radical (unpaired) electrons. The Morgan fingerprint density at radius 1 is 0.941 bits per heavy atom. The van der Waals surface area contributed by atoms with Crippen molar-refractivity contribution >= 4 is 45.8 Å². The average molecular weight is 485 g/mol. The van der Waals surface area contributed by atoms with Gasteiger partial charge in [0.1, 0.15) is 11.3 Å². The van der Waals surface area contributed by atoms with Gasteiger partial charge in [-0.1, -0.05) is 26.7 Å². The number of anilines is 3. The fraction of sp³-hybridized carbons (Fsp3) is 0.417. The van der Waals surface area contributed by atoms with E-state index in [9.17, 15) is 0 Å². The topological polar surface area (TPSA) is 102 Å². The normalized spacial score (nSPS) is 10.8. The molecule has 0 bridgehead atoms. The number of rotatable bonds is 11. The third-order valence-electron chi connectivity index (χ3n) is 5.20. The first-order valence-electron chi connectivity index (χ1n) is 11.3. The molecule has 0 spiro atoms. The lowest BCUT2D eigenvalue weighted by atomic mass is 10.1. The highest BCUT2D eigenvalue weighted by Crippen LogP contribution is 2.40. The lowest BCUT2D eigenvalue weighted by molar-refractivity contribution is 0.324. The Labute approximate surface area is 205 Å². The number of hydrogen-bond donors (Lipinski definition) is 3. The molecular formula is C24H32N6O3S. The summed E-state index contributed by atoms with van der Waals surface area (Å²) in [6, 6.07) is 7.65. The Hall–Kier alpha value is -3.40. The van der Waals surface area contributed by atoms with Gasteiger partial charge in [0.15, 0.2) is 28.1 Å². The molecule has 0 atom stereocenters. The number of benzene rings is 1. The Morgan fingerprint density at radius 2 is 1.59 bits per heavy atom. The lowest BCUT2D eigenvalue weighted by Gasteiger charge is -2.19. The van der Waals surface area contributed by atoms with E-state index in [1.54, 1.807) is 39.7 Å². The minimum absolute atomic E-state index is 0.351. The van der Waals surface area contributed by atoms with E-state index in [0.717, 1.165) is 25.7 Å². The van der Waals surface area contributed by atoms with E-state index >= 15 is 0 Å². The number of methoxy groups -OCH3 is 3.